The molecular weight excluding hydrogens is 539 g/mol. The van der Waals surface area contributed by atoms with Crippen molar-refractivity contribution in [2.45, 2.75) is 12.6 Å². The molecule has 0 saturated heterocycles. The number of hydrogen-bond donors (Lipinski definition) is 2. The molecule has 1 unspecified atom stereocenters. The van der Waals surface area contributed by atoms with Gasteiger partial charge in [0.1, 0.15) is 23.4 Å². The van der Waals surface area contributed by atoms with Crippen molar-refractivity contribution in [2.24, 2.45) is 0 Å². The molecule has 188 valence electrons. The van der Waals surface area contributed by atoms with E-state index in [0.29, 0.717) is 27.2 Å². The Morgan fingerprint density at radius 1 is 0.892 bits per heavy atom. The van der Waals surface area contributed by atoms with E-state index in [1.807, 2.05) is 30.3 Å². The van der Waals surface area contributed by atoms with Gasteiger partial charge in [-0.1, -0.05) is 30.3 Å². The monoisotopic (exact) mass is 562 g/mol. The van der Waals surface area contributed by atoms with Gasteiger partial charge in [-0.25, -0.2) is 4.39 Å². The maximum absolute atomic E-state index is 13.8. The second-order valence-corrected chi connectivity index (χ2v) is 9.07. The second-order valence-electron chi connectivity index (χ2n) is 8.21. The molecule has 1 amide bonds. The number of nitrogens with two attached hydrogens (primary N) is 1. The van der Waals surface area contributed by atoms with Crippen molar-refractivity contribution in [3.63, 3.8) is 0 Å². The van der Waals surface area contributed by atoms with Gasteiger partial charge in [0, 0.05) is 15.7 Å². The van der Waals surface area contributed by atoms with Crippen molar-refractivity contribution < 1.29 is 23.5 Å². The average molecular weight is 563 g/mol. The first kappa shape index (κ1) is 26.1. The van der Waals surface area contributed by atoms with Crippen LogP contribution in [-0.4, -0.2) is 24.3 Å². The van der Waals surface area contributed by atoms with Crippen LogP contribution in [-0.2, 0) is 11.3 Å². The summed E-state index contributed by atoms with van der Waals surface area (Å²) in [4.78, 5) is 26.3. The molecule has 0 aliphatic rings. The number of nitrogen functional groups attached to an aromatic ring is 1. The molecule has 8 heteroatoms. The highest BCUT2D eigenvalue weighted by molar-refractivity contribution is 9.10. The molecule has 0 heterocycles. The van der Waals surface area contributed by atoms with Gasteiger partial charge in [0.2, 0.25) is 0 Å². The van der Waals surface area contributed by atoms with E-state index < -0.39 is 17.8 Å². The van der Waals surface area contributed by atoms with Crippen molar-refractivity contribution in [3.8, 4) is 11.5 Å². The summed E-state index contributed by atoms with van der Waals surface area (Å²) in [5.41, 5.74) is 7.69. The number of ketones is 1. The van der Waals surface area contributed by atoms with E-state index in [-0.39, 0.29) is 24.6 Å². The lowest BCUT2D eigenvalue weighted by Gasteiger charge is -2.19. The molecule has 3 N–H and O–H groups in total. The number of carbonyl (C=O) groups excluding carboxylic acids is 2. The minimum Gasteiger partial charge on any atom is -0.457 e. The molecular formula is C29H24BrFN2O4. The molecule has 1 atom stereocenters. The Morgan fingerprint density at radius 3 is 2.22 bits per heavy atom. The maximum atomic E-state index is 13.8. The van der Waals surface area contributed by atoms with Crippen LogP contribution in [0, 0.1) is 5.82 Å². The third kappa shape index (κ3) is 7.25. The molecule has 0 spiro atoms. The summed E-state index contributed by atoms with van der Waals surface area (Å²) < 4.78 is 25.7. The number of rotatable bonds is 10. The zero-order valence-corrected chi connectivity index (χ0v) is 21.3. The molecule has 0 radical (unpaired) electrons. The molecule has 0 aliphatic heterocycles. The van der Waals surface area contributed by atoms with E-state index in [2.05, 4.69) is 21.2 Å². The smallest absolute Gasteiger partial charge is 0.253 e. The van der Waals surface area contributed by atoms with Gasteiger partial charge in [-0.3, -0.25) is 9.59 Å². The predicted molar refractivity (Wildman–Crippen MR) is 143 cm³/mol. The number of benzene rings is 4. The Labute approximate surface area is 222 Å². The largest absolute Gasteiger partial charge is 0.457 e. The minimum atomic E-state index is -1.00. The highest BCUT2D eigenvalue weighted by atomic mass is 79.9. The Hall–Kier alpha value is -4.01. The molecule has 0 bridgehead atoms. The van der Waals surface area contributed by atoms with Gasteiger partial charge in [0.25, 0.3) is 5.91 Å². The first-order valence-electron chi connectivity index (χ1n) is 11.4. The molecule has 4 rings (SSSR count). The van der Waals surface area contributed by atoms with Crippen LogP contribution in [0.15, 0.2) is 102 Å². The molecule has 6 nitrogen and oxygen atoms in total. The van der Waals surface area contributed by atoms with Crippen molar-refractivity contribution >= 4 is 33.3 Å². The van der Waals surface area contributed by atoms with Gasteiger partial charge in [-0.05, 0) is 88.2 Å². The highest BCUT2D eigenvalue weighted by Crippen LogP contribution is 2.23. The number of nitrogens with one attached hydrogen (secondary N) is 1. The van der Waals surface area contributed by atoms with E-state index in [1.165, 1.54) is 12.1 Å². The van der Waals surface area contributed by atoms with Gasteiger partial charge in [0.05, 0.1) is 18.8 Å². The summed E-state index contributed by atoms with van der Waals surface area (Å²) >= 11 is 3.26. The van der Waals surface area contributed by atoms with Gasteiger partial charge in [-0.15, -0.1) is 0 Å². The molecule has 4 aromatic carbocycles. The Balaban J connectivity index is 1.49. The standard InChI is InChI=1S/C29H24BrFN2O4/c30-26-15-8-21(31)16-25(26)29(35)33-27(18-36-17-19-4-2-1-3-5-19)28(34)20-6-11-23(12-7-20)37-24-13-9-22(32)10-14-24/h1-16,27H,17-18,32H2,(H,33,35). The van der Waals surface area contributed by atoms with Gasteiger partial charge in [0.15, 0.2) is 5.78 Å². The van der Waals surface area contributed by atoms with Crippen LogP contribution < -0.4 is 15.8 Å². The van der Waals surface area contributed by atoms with Crippen LogP contribution in [0.3, 0.4) is 0 Å². The van der Waals surface area contributed by atoms with E-state index in [4.69, 9.17) is 15.2 Å². The van der Waals surface area contributed by atoms with Crippen molar-refractivity contribution in [2.75, 3.05) is 12.3 Å². The quantitative estimate of drug-likeness (QED) is 0.178. The summed E-state index contributed by atoms with van der Waals surface area (Å²) in [5.74, 6) is -0.378. The lowest BCUT2D eigenvalue weighted by atomic mass is 10.0. The second kappa shape index (κ2) is 12.3. The zero-order valence-electron chi connectivity index (χ0n) is 19.7. The number of carbonyl (C=O) groups is 2. The number of anilines is 1. The van der Waals surface area contributed by atoms with E-state index in [9.17, 15) is 14.0 Å². The lowest BCUT2D eigenvalue weighted by molar-refractivity contribution is 0.0671. The summed E-state index contributed by atoms with van der Waals surface area (Å²) in [7, 11) is 0. The van der Waals surface area contributed by atoms with Crippen molar-refractivity contribution in [1.29, 1.82) is 0 Å². The van der Waals surface area contributed by atoms with Crippen LogP contribution in [0.1, 0.15) is 26.3 Å². The average Bonchev–Trinajstić information content (AvgIpc) is 2.91. The van der Waals surface area contributed by atoms with Crippen LogP contribution in [0.4, 0.5) is 10.1 Å². The van der Waals surface area contributed by atoms with Crippen LogP contribution in [0.2, 0.25) is 0 Å². The Morgan fingerprint density at radius 2 is 1.54 bits per heavy atom. The summed E-state index contributed by atoms with van der Waals surface area (Å²) in [6, 6.07) is 25.8. The van der Waals surface area contributed by atoms with Crippen molar-refractivity contribution in [1.82, 2.24) is 5.32 Å². The summed E-state index contributed by atoms with van der Waals surface area (Å²) in [6.45, 7) is 0.189. The molecule has 0 aliphatic carbocycles. The van der Waals surface area contributed by atoms with Crippen LogP contribution in [0.5, 0.6) is 11.5 Å². The van der Waals surface area contributed by atoms with Gasteiger partial charge < -0.3 is 20.5 Å². The third-order valence-corrected chi connectivity index (χ3v) is 6.14. The van der Waals surface area contributed by atoms with Crippen LogP contribution in [0.25, 0.3) is 0 Å². The molecule has 0 fully saturated rings. The number of ether oxygens (including phenoxy) is 2. The molecule has 0 aromatic heterocycles. The van der Waals surface area contributed by atoms with Crippen molar-refractivity contribution in [3.05, 3.63) is 124 Å². The van der Waals surface area contributed by atoms with E-state index in [0.717, 1.165) is 11.6 Å². The van der Waals surface area contributed by atoms with Crippen LogP contribution >= 0.6 is 15.9 Å². The fourth-order valence-electron chi connectivity index (χ4n) is 3.52. The molecule has 4 aromatic rings. The Kier molecular flexibility index (Phi) is 8.66. The number of amides is 1. The normalized spacial score (nSPS) is 11.5. The van der Waals surface area contributed by atoms with Gasteiger partial charge in [-0.2, -0.15) is 0 Å². The number of halogens is 2. The SMILES string of the molecule is Nc1ccc(Oc2ccc(C(=O)C(COCc3ccccc3)NC(=O)c3cc(F)ccc3Br)cc2)cc1. The highest BCUT2D eigenvalue weighted by Gasteiger charge is 2.24. The number of Topliss-reactive ketones (excluding diaryl/α,β-unsaturated/α-hetero) is 1. The fourth-order valence-corrected chi connectivity index (χ4v) is 3.95. The first-order valence-corrected chi connectivity index (χ1v) is 12.2. The predicted octanol–water partition coefficient (Wildman–Crippen LogP) is 6.16. The minimum absolute atomic E-state index is 0.0733. The van der Waals surface area contributed by atoms with Gasteiger partial charge >= 0.3 is 0 Å². The molecule has 37 heavy (non-hydrogen) atoms. The van der Waals surface area contributed by atoms with E-state index in [1.54, 1.807) is 48.5 Å². The number of hydrogen-bond acceptors (Lipinski definition) is 5. The first-order chi connectivity index (χ1) is 17.9. The summed E-state index contributed by atoms with van der Waals surface area (Å²) in [6.07, 6.45) is 0. The topological polar surface area (TPSA) is 90.7 Å². The third-order valence-electron chi connectivity index (χ3n) is 5.45. The molecule has 0 saturated carbocycles. The Bertz CT molecular complexity index is 1360. The zero-order chi connectivity index (χ0) is 26.2. The summed E-state index contributed by atoms with van der Waals surface area (Å²) in [5, 5.41) is 2.69. The lowest BCUT2D eigenvalue weighted by Crippen LogP contribution is -2.44. The maximum Gasteiger partial charge on any atom is 0.253 e. The van der Waals surface area contributed by atoms with E-state index >= 15 is 0 Å². The fraction of sp³-hybridized carbons (Fsp3) is 0.103.